The number of aromatic amines is 1. The monoisotopic (exact) mass is 583 g/mol. The third-order valence-electron chi connectivity index (χ3n) is 7.49. The van der Waals surface area contributed by atoms with Crippen LogP contribution in [0.1, 0.15) is 11.1 Å². The number of hydrogen-bond donors (Lipinski definition) is 3. The number of nitrogens with zero attached hydrogens (tertiary/aromatic N) is 4. The Labute approximate surface area is 245 Å². The van der Waals surface area contributed by atoms with E-state index in [0.29, 0.717) is 28.9 Å². The molecule has 0 unspecified atom stereocenters. The van der Waals surface area contributed by atoms with Gasteiger partial charge >= 0.3 is 0 Å². The standard InChI is InChI=1S/C31H33N7O3S/c1-37(2)42(39,40)27-13-9-8-12-24(27)33-30-28-23(20-10-6-5-7-11-20)18-32-29(28)35-31(36-30)34-25-16-22-19-38(3)15-14-21(22)17-26(25)41-4/h5-13,16-18H,14-15,19H2,1-4H3,(H3,32,33,34,35,36). The third-order valence-corrected chi connectivity index (χ3v) is 9.36. The second-order valence-corrected chi connectivity index (χ2v) is 12.7. The number of benzene rings is 3. The Balaban J connectivity index is 1.49. The van der Waals surface area contributed by atoms with E-state index in [1.807, 2.05) is 36.5 Å². The second-order valence-electron chi connectivity index (χ2n) is 10.5. The zero-order valence-electron chi connectivity index (χ0n) is 24.0. The van der Waals surface area contributed by atoms with Gasteiger partial charge in [0.2, 0.25) is 16.0 Å². The average Bonchev–Trinajstić information content (AvgIpc) is 3.42. The molecule has 0 fully saturated rings. The number of para-hydroxylation sites is 1. The van der Waals surface area contributed by atoms with Crippen LogP contribution < -0.4 is 15.4 Å². The number of H-pyrrole nitrogens is 1. The molecule has 1 aliphatic rings. The van der Waals surface area contributed by atoms with Crippen LogP contribution in [0, 0.1) is 0 Å². The van der Waals surface area contributed by atoms with Crippen molar-refractivity contribution in [3.05, 3.63) is 84.1 Å². The molecule has 11 heteroatoms. The maximum absolute atomic E-state index is 13.2. The van der Waals surface area contributed by atoms with Gasteiger partial charge in [-0.15, -0.1) is 0 Å². The summed E-state index contributed by atoms with van der Waals surface area (Å²) in [6, 6.07) is 20.9. The molecular formula is C31H33N7O3S. The third kappa shape index (κ3) is 5.18. The molecule has 0 amide bonds. The summed E-state index contributed by atoms with van der Waals surface area (Å²) in [6.07, 6.45) is 2.85. The number of aromatic nitrogens is 3. The van der Waals surface area contributed by atoms with Gasteiger partial charge < -0.3 is 25.3 Å². The van der Waals surface area contributed by atoms with Crippen molar-refractivity contribution in [1.29, 1.82) is 0 Å². The molecule has 216 valence electrons. The normalized spacial score (nSPS) is 13.7. The maximum atomic E-state index is 13.2. The molecule has 0 spiro atoms. The molecule has 3 aromatic carbocycles. The molecule has 5 aromatic rings. The summed E-state index contributed by atoms with van der Waals surface area (Å²) < 4.78 is 33.3. The predicted molar refractivity (Wildman–Crippen MR) is 166 cm³/mol. The van der Waals surface area contributed by atoms with Crippen LogP contribution in [0.15, 0.2) is 77.8 Å². The van der Waals surface area contributed by atoms with Crippen molar-refractivity contribution in [2.75, 3.05) is 45.4 Å². The molecular weight excluding hydrogens is 550 g/mol. The van der Waals surface area contributed by atoms with E-state index in [1.54, 1.807) is 31.4 Å². The van der Waals surface area contributed by atoms with Gasteiger partial charge in [-0.2, -0.15) is 9.97 Å². The van der Waals surface area contributed by atoms with Gasteiger partial charge in [-0.3, -0.25) is 0 Å². The zero-order chi connectivity index (χ0) is 29.4. The number of anilines is 4. The van der Waals surface area contributed by atoms with E-state index < -0.39 is 10.0 Å². The smallest absolute Gasteiger partial charge is 0.244 e. The number of hydrogen-bond acceptors (Lipinski definition) is 8. The van der Waals surface area contributed by atoms with Crippen LogP contribution in [0.5, 0.6) is 5.75 Å². The largest absolute Gasteiger partial charge is 0.495 e. The number of likely N-dealkylation sites (N-methyl/N-ethyl adjacent to an activating group) is 1. The van der Waals surface area contributed by atoms with Gasteiger partial charge in [0, 0.05) is 38.9 Å². The molecule has 0 radical (unpaired) electrons. The van der Waals surface area contributed by atoms with Crippen LogP contribution in [0.2, 0.25) is 0 Å². The topological polar surface area (TPSA) is 115 Å². The molecule has 0 atom stereocenters. The molecule has 2 aromatic heterocycles. The van der Waals surface area contributed by atoms with Crippen LogP contribution in [0.4, 0.5) is 23.1 Å². The van der Waals surface area contributed by atoms with E-state index >= 15 is 0 Å². The van der Waals surface area contributed by atoms with E-state index in [0.717, 1.165) is 41.7 Å². The van der Waals surface area contributed by atoms with Crippen LogP contribution in [-0.4, -0.2) is 67.4 Å². The summed E-state index contributed by atoms with van der Waals surface area (Å²) in [5.41, 5.74) is 6.12. The summed E-state index contributed by atoms with van der Waals surface area (Å²) in [5.74, 6) is 1.50. The minimum Gasteiger partial charge on any atom is -0.495 e. The number of sulfonamides is 1. The van der Waals surface area contributed by atoms with Crippen molar-refractivity contribution < 1.29 is 13.2 Å². The molecule has 42 heavy (non-hydrogen) atoms. The molecule has 1 aliphatic heterocycles. The molecule has 0 bridgehead atoms. The fraction of sp³-hybridized carbons (Fsp3) is 0.226. The average molecular weight is 584 g/mol. The molecule has 10 nitrogen and oxygen atoms in total. The molecule has 3 N–H and O–H groups in total. The van der Waals surface area contributed by atoms with Gasteiger partial charge in [-0.25, -0.2) is 12.7 Å². The van der Waals surface area contributed by atoms with Gasteiger partial charge in [-0.05, 0) is 54.4 Å². The van der Waals surface area contributed by atoms with Crippen molar-refractivity contribution in [2.24, 2.45) is 0 Å². The lowest BCUT2D eigenvalue weighted by molar-refractivity contribution is 0.312. The van der Waals surface area contributed by atoms with Crippen LogP contribution >= 0.6 is 0 Å². The second kappa shape index (κ2) is 11.1. The first kappa shape index (κ1) is 27.7. The Hall–Kier alpha value is -4.45. The van der Waals surface area contributed by atoms with Crippen molar-refractivity contribution >= 4 is 44.2 Å². The summed E-state index contributed by atoms with van der Waals surface area (Å²) in [6.45, 7) is 1.84. The van der Waals surface area contributed by atoms with E-state index in [1.165, 1.54) is 29.5 Å². The molecule has 3 heterocycles. The van der Waals surface area contributed by atoms with Gasteiger partial charge in [0.05, 0.1) is 23.9 Å². The lowest BCUT2D eigenvalue weighted by Crippen LogP contribution is -2.26. The van der Waals surface area contributed by atoms with Crippen molar-refractivity contribution in [3.63, 3.8) is 0 Å². The zero-order valence-corrected chi connectivity index (χ0v) is 24.8. The summed E-state index contributed by atoms with van der Waals surface area (Å²) in [5, 5.41) is 7.43. The number of rotatable bonds is 8. The first-order valence-corrected chi connectivity index (χ1v) is 15.1. The van der Waals surface area contributed by atoms with Gasteiger partial charge in [-0.1, -0.05) is 42.5 Å². The lowest BCUT2D eigenvalue weighted by atomic mass is 9.99. The fourth-order valence-corrected chi connectivity index (χ4v) is 6.30. The maximum Gasteiger partial charge on any atom is 0.244 e. The highest BCUT2D eigenvalue weighted by atomic mass is 32.2. The highest BCUT2D eigenvalue weighted by molar-refractivity contribution is 7.89. The Morgan fingerprint density at radius 1 is 0.952 bits per heavy atom. The summed E-state index contributed by atoms with van der Waals surface area (Å²) in [4.78, 5) is 15.4. The van der Waals surface area contributed by atoms with E-state index in [-0.39, 0.29) is 4.90 Å². The Bertz CT molecular complexity index is 1870. The van der Waals surface area contributed by atoms with Crippen LogP contribution in [0.3, 0.4) is 0 Å². The van der Waals surface area contributed by atoms with Crippen molar-refractivity contribution in [1.82, 2.24) is 24.2 Å². The van der Waals surface area contributed by atoms with Gasteiger partial charge in [0.25, 0.3) is 0 Å². The number of ether oxygens (including phenoxy) is 1. The molecule has 0 saturated heterocycles. The molecule has 0 saturated carbocycles. The number of nitrogens with one attached hydrogen (secondary N) is 3. The predicted octanol–water partition coefficient (Wildman–Crippen LogP) is 5.36. The number of fused-ring (bicyclic) bond motifs is 2. The van der Waals surface area contributed by atoms with Gasteiger partial charge in [0.1, 0.15) is 22.1 Å². The van der Waals surface area contributed by atoms with E-state index in [4.69, 9.17) is 14.7 Å². The SMILES string of the molecule is COc1cc2c(cc1Nc1nc(Nc3ccccc3S(=O)(=O)N(C)C)c3c(-c4ccccc4)c[nH]c3n1)CN(C)CC2. The van der Waals surface area contributed by atoms with Gasteiger partial charge in [0.15, 0.2) is 0 Å². The summed E-state index contributed by atoms with van der Waals surface area (Å²) >= 11 is 0. The van der Waals surface area contributed by atoms with Crippen LogP contribution in [-0.2, 0) is 23.0 Å². The highest BCUT2D eigenvalue weighted by Gasteiger charge is 2.24. The minimum absolute atomic E-state index is 0.147. The number of methoxy groups -OCH3 is 1. The Morgan fingerprint density at radius 3 is 2.48 bits per heavy atom. The summed E-state index contributed by atoms with van der Waals surface area (Å²) in [7, 11) is 3.06. The highest BCUT2D eigenvalue weighted by Crippen LogP contribution is 2.38. The van der Waals surface area contributed by atoms with E-state index in [9.17, 15) is 8.42 Å². The quantitative estimate of drug-likeness (QED) is 0.224. The first-order chi connectivity index (χ1) is 20.2. The van der Waals surface area contributed by atoms with Crippen molar-refractivity contribution in [2.45, 2.75) is 17.9 Å². The van der Waals surface area contributed by atoms with E-state index in [2.05, 4.69) is 39.7 Å². The Morgan fingerprint density at radius 2 is 1.71 bits per heavy atom. The fourth-order valence-electron chi connectivity index (χ4n) is 5.26. The Kier molecular flexibility index (Phi) is 7.31. The minimum atomic E-state index is -3.73. The molecule has 0 aliphatic carbocycles. The first-order valence-electron chi connectivity index (χ1n) is 13.6. The lowest BCUT2D eigenvalue weighted by Gasteiger charge is -2.26. The molecule has 6 rings (SSSR count). The van der Waals surface area contributed by atoms with Crippen molar-refractivity contribution in [3.8, 4) is 16.9 Å². The van der Waals surface area contributed by atoms with Crippen LogP contribution in [0.25, 0.3) is 22.2 Å².